The molecule has 1 N–H and O–H groups in total. The van der Waals surface area contributed by atoms with E-state index in [1.807, 2.05) is 14.0 Å². The average Bonchev–Trinajstić information content (AvgIpc) is 2.74. The van der Waals surface area contributed by atoms with Crippen molar-refractivity contribution < 1.29 is 0 Å². The summed E-state index contributed by atoms with van der Waals surface area (Å²) in [5, 5.41) is 10.1. The molecule has 0 aliphatic rings. The van der Waals surface area contributed by atoms with Crippen molar-refractivity contribution in [2.45, 2.75) is 13.5 Å². The van der Waals surface area contributed by atoms with Gasteiger partial charge < -0.3 is 5.32 Å². The summed E-state index contributed by atoms with van der Waals surface area (Å²) in [6.07, 6.45) is 0. The third-order valence-corrected chi connectivity index (χ3v) is 3.63. The van der Waals surface area contributed by atoms with Crippen LogP contribution >= 0.6 is 22.9 Å². The zero-order valence-electron chi connectivity index (χ0n) is 7.94. The van der Waals surface area contributed by atoms with E-state index in [9.17, 15) is 0 Å². The van der Waals surface area contributed by atoms with Crippen molar-refractivity contribution in [3.05, 3.63) is 16.8 Å². The molecule has 4 nitrogen and oxygen atoms in total. The van der Waals surface area contributed by atoms with Gasteiger partial charge in [0, 0.05) is 11.9 Å². The molecule has 0 bridgehead atoms. The van der Waals surface area contributed by atoms with E-state index in [4.69, 9.17) is 0 Å². The van der Waals surface area contributed by atoms with Crippen molar-refractivity contribution in [3.63, 3.8) is 0 Å². The second-order valence-electron chi connectivity index (χ2n) is 2.86. The molecule has 0 unspecified atom stereocenters. The minimum Gasteiger partial charge on any atom is -0.314 e. The van der Waals surface area contributed by atoms with Gasteiger partial charge in [-0.05, 0) is 25.5 Å². The van der Waals surface area contributed by atoms with Gasteiger partial charge in [0.05, 0.1) is 11.4 Å². The molecule has 2 aromatic rings. The van der Waals surface area contributed by atoms with Gasteiger partial charge in [-0.15, -0.1) is 16.4 Å². The topological polar surface area (TPSA) is 50.7 Å². The summed E-state index contributed by atoms with van der Waals surface area (Å²) in [4.78, 5) is 5.57. The summed E-state index contributed by atoms with van der Waals surface area (Å²) >= 11 is 3.04. The Morgan fingerprint density at radius 2 is 2.36 bits per heavy atom. The molecule has 74 valence electrons. The first-order valence-corrected chi connectivity index (χ1v) is 5.85. The molecule has 0 aliphatic carbocycles. The maximum Gasteiger partial charge on any atom is 0.137 e. The van der Waals surface area contributed by atoms with Crippen LogP contribution in [0.1, 0.15) is 11.4 Å². The largest absolute Gasteiger partial charge is 0.314 e. The molecule has 0 amide bonds. The van der Waals surface area contributed by atoms with Crippen molar-refractivity contribution in [3.8, 4) is 9.88 Å². The van der Waals surface area contributed by atoms with Crippen LogP contribution in [0, 0.1) is 6.92 Å². The number of aromatic nitrogens is 3. The van der Waals surface area contributed by atoms with Gasteiger partial charge in [-0.2, -0.15) is 0 Å². The van der Waals surface area contributed by atoms with Crippen LogP contribution in [0.3, 0.4) is 0 Å². The summed E-state index contributed by atoms with van der Waals surface area (Å²) < 4.78 is 3.90. The van der Waals surface area contributed by atoms with Gasteiger partial charge in [-0.1, -0.05) is 4.49 Å². The zero-order chi connectivity index (χ0) is 9.97. The number of nitrogens with one attached hydrogen (secondary N) is 1. The van der Waals surface area contributed by atoms with E-state index in [0.717, 1.165) is 27.8 Å². The molecule has 0 atom stereocenters. The highest BCUT2D eigenvalue weighted by Gasteiger charge is 2.10. The summed E-state index contributed by atoms with van der Waals surface area (Å²) in [6, 6.07) is 0. The molecule has 0 fully saturated rings. The van der Waals surface area contributed by atoms with E-state index >= 15 is 0 Å². The van der Waals surface area contributed by atoms with Crippen LogP contribution in [-0.4, -0.2) is 21.6 Å². The molecule has 2 rings (SSSR count). The van der Waals surface area contributed by atoms with Gasteiger partial charge in [0.15, 0.2) is 0 Å². The van der Waals surface area contributed by atoms with Crippen molar-refractivity contribution in [2.24, 2.45) is 0 Å². The minimum atomic E-state index is 0.807. The monoisotopic (exact) mass is 226 g/mol. The Morgan fingerprint density at radius 3 is 3.00 bits per heavy atom. The lowest BCUT2D eigenvalue weighted by Gasteiger charge is -1.91. The Morgan fingerprint density at radius 1 is 1.50 bits per heavy atom. The van der Waals surface area contributed by atoms with Gasteiger partial charge in [-0.3, -0.25) is 0 Å². The highest BCUT2D eigenvalue weighted by atomic mass is 32.1. The first-order chi connectivity index (χ1) is 6.81. The van der Waals surface area contributed by atoms with Crippen molar-refractivity contribution in [1.29, 1.82) is 0 Å². The summed E-state index contributed by atoms with van der Waals surface area (Å²) in [5.74, 6) is 0. The van der Waals surface area contributed by atoms with E-state index in [1.54, 1.807) is 11.3 Å². The summed E-state index contributed by atoms with van der Waals surface area (Å²) in [6.45, 7) is 2.76. The average molecular weight is 226 g/mol. The molecule has 14 heavy (non-hydrogen) atoms. The van der Waals surface area contributed by atoms with Crippen molar-refractivity contribution in [1.82, 2.24) is 19.9 Å². The Balaban J connectivity index is 2.29. The van der Waals surface area contributed by atoms with Crippen LogP contribution in [0.2, 0.25) is 0 Å². The van der Waals surface area contributed by atoms with Crippen molar-refractivity contribution >= 4 is 22.9 Å². The van der Waals surface area contributed by atoms with Gasteiger partial charge in [0.2, 0.25) is 0 Å². The minimum absolute atomic E-state index is 0.807. The quantitative estimate of drug-likeness (QED) is 0.865. The smallest absolute Gasteiger partial charge is 0.137 e. The van der Waals surface area contributed by atoms with E-state index < -0.39 is 0 Å². The lowest BCUT2D eigenvalue weighted by atomic mass is 10.4. The number of rotatable bonds is 3. The van der Waals surface area contributed by atoms with Crippen LogP contribution in [0.4, 0.5) is 0 Å². The predicted octanol–water partition coefficient (Wildman–Crippen LogP) is 1.69. The molecule has 2 aromatic heterocycles. The van der Waals surface area contributed by atoms with Crippen LogP contribution in [0.5, 0.6) is 0 Å². The van der Waals surface area contributed by atoms with Gasteiger partial charge in [-0.25, -0.2) is 4.98 Å². The summed E-state index contributed by atoms with van der Waals surface area (Å²) in [7, 11) is 1.92. The SMILES string of the molecule is CNCc1csc(-c2snnc2C)n1. The van der Waals surface area contributed by atoms with Crippen LogP contribution < -0.4 is 5.32 Å². The highest BCUT2D eigenvalue weighted by molar-refractivity contribution is 7.18. The third-order valence-electron chi connectivity index (χ3n) is 1.76. The molecular weight excluding hydrogens is 216 g/mol. The number of aryl methyl sites for hydroxylation is 1. The first kappa shape index (κ1) is 9.70. The molecule has 0 spiro atoms. The second kappa shape index (κ2) is 4.12. The molecular formula is C8H10N4S2. The molecule has 0 saturated carbocycles. The molecule has 0 aromatic carbocycles. The number of nitrogens with zero attached hydrogens (tertiary/aromatic N) is 3. The Kier molecular flexibility index (Phi) is 2.85. The molecule has 0 radical (unpaired) electrons. The predicted molar refractivity (Wildman–Crippen MR) is 58.5 cm³/mol. The molecule has 6 heteroatoms. The standard InChI is InChI=1S/C8H10N4S2/c1-5-7(14-12-11-5)8-10-6(3-9-2)4-13-8/h4,9H,3H2,1-2H3. The van der Waals surface area contributed by atoms with Gasteiger partial charge in [0.1, 0.15) is 9.88 Å². The zero-order valence-corrected chi connectivity index (χ0v) is 9.58. The normalized spacial score (nSPS) is 10.7. The number of hydrogen-bond donors (Lipinski definition) is 1. The fourth-order valence-electron chi connectivity index (χ4n) is 1.10. The fourth-order valence-corrected chi connectivity index (χ4v) is 2.71. The maximum atomic E-state index is 4.49. The van der Waals surface area contributed by atoms with Crippen LogP contribution in [0.25, 0.3) is 9.88 Å². The van der Waals surface area contributed by atoms with Crippen LogP contribution in [0.15, 0.2) is 5.38 Å². The van der Waals surface area contributed by atoms with Crippen LogP contribution in [-0.2, 0) is 6.54 Å². The van der Waals surface area contributed by atoms with E-state index in [1.165, 1.54) is 11.5 Å². The number of hydrogen-bond acceptors (Lipinski definition) is 6. The molecule has 0 saturated heterocycles. The lowest BCUT2D eigenvalue weighted by Crippen LogP contribution is -2.04. The Hall–Kier alpha value is -0.850. The van der Waals surface area contributed by atoms with E-state index in [-0.39, 0.29) is 0 Å². The van der Waals surface area contributed by atoms with Gasteiger partial charge in [0.25, 0.3) is 0 Å². The third kappa shape index (κ3) is 1.82. The van der Waals surface area contributed by atoms with E-state index in [0.29, 0.717) is 0 Å². The van der Waals surface area contributed by atoms with E-state index in [2.05, 4.69) is 25.3 Å². The fraction of sp³-hybridized carbons (Fsp3) is 0.375. The first-order valence-electron chi connectivity index (χ1n) is 4.19. The van der Waals surface area contributed by atoms with Gasteiger partial charge >= 0.3 is 0 Å². The van der Waals surface area contributed by atoms with Crippen molar-refractivity contribution in [2.75, 3.05) is 7.05 Å². The lowest BCUT2D eigenvalue weighted by molar-refractivity contribution is 0.798. The highest BCUT2D eigenvalue weighted by Crippen LogP contribution is 2.28. The maximum absolute atomic E-state index is 4.49. The Labute approximate surface area is 90.2 Å². The molecule has 2 heterocycles. The Bertz CT molecular complexity index is 420. The molecule has 0 aliphatic heterocycles. The second-order valence-corrected chi connectivity index (χ2v) is 4.47. The number of thiazole rings is 1. The summed E-state index contributed by atoms with van der Waals surface area (Å²) in [5.41, 5.74) is 2.03.